The zero-order valence-electron chi connectivity index (χ0n) is 26.2. The number of nitrogens with zero attached hydrogens (tertiary/aromatic N) is 2. The van der Waals surface area contributed by atoms with Gasteiger partial charge >= 0.3 is 0 Å². The monoisotopic (exact) mass is 636 g/mol. The molecule has 5 aromatic carbocycles. The fourth-order valence-electron chi connectivity index (χ4n) is 4.52. The van der Waals surface area contributed by atoms with Gasteiger partial charge in [-0.2, -0.15) is 10.2 Å². The SMILES string of the molecule is Cc1cccc(C(=O)Nc2ccc(C(=O)NN=Cc3ccc(C=NNC(=O)c4ccc(NC(=O)c5cccc(C)c5)cc4)cc3)cc2)c1. The molecule has 4 amide bonds. The van der Waals surface area contributed by atoms with E-state index in [2.05, 4.69) is 31.7 Å². The van der Waals surface area contributed by atoms with Crippen LogP contribution in [0.3, 0.4) is 0 Å². The first-order valence-corrected chi connectivity index (χ1v) is 15.0. The van der Waals surface area contributed by atoms with Crippen LogP contribution >= 0.6 is 0 Å². The third-order valence-corrected chi connectivity index (χ3v) is 7.07. The minimum Gasteiger partial charge on any atom is -0.322 e. The van der Waals surface area contributed by atoms with E-state index < -0.39 is 11.8 Å². The number of aryl methyl sites for hydroxylation is 2. The van der Waals surface area contributed by atoms with Gasteiger partial charge in [0.15, 0.2) is 0 Å². The Labute approximate surface area is 277 Å². The third-order valence-electron chi connectivity index (χ3n) is 7.07. The van der Waals surface area contributed by atoms with Crippen molar-refractivity contribution in [3.05, 3.63) is 166 Å². The zero-order valence-corrected chi connectivity index (χ0v) is 26.2. The number of benzene rings is 5. The Kier molecular flexibility index (Phi) is 10.6. The number of anilines is 2. The summed E-state index contributed by atoms with van der Waals surface area (Å²) in [6.45, 7) is 3.84. The van der Waals surface area contributed by atoms with Gasteiger partial charge in [-0.05, 0) is 97.8 Å². The number of carbonyl (C=O) groups is 4. The summed E-state index contributed by atoms with van der Waals surface area (Å²) < 4.78 is 0. The lowest BCUT2D eigenvalue weighted by Crippen LogP contribution is -2.18. The quantitative estimate of drug-likeness (QED) is 0.105. The Morgan fingerprint density at radius 3 is 1.19 bits per heavy atom. The third kappa shape index (κ3) is 9.18. The highest BCUT2D eigenvalue weighted by Gasteiger charge is 2.10. The van der Waals surface area contributed by atoms with Crippen LogP contribution in [0.2, 0.25) is 0 Å². The van der Waals surface area contributed by atoms with Gasteiger partial charge in [-0.1, -0.05) is 59.7 Å². The topological polar surface area (TPSA) is 141 Å². The Morgan fingerprint density at radius 1 is 0.458 bits per heavy atom. The maximum Gasteiger partial charge on any atom is 0.271 e. The van der Waals surface area contributed by atoms with Crippen molar-refractivity contribution in [3.63, 3.8) is 0 Å². The highest BCUT2D eigenvalue weighted by molar-refractivity contribution is 6.05. The van der Waals surface area contributed by atoms with Crippen molar-refractivity contribution in [3.8, 4) is 0 Å². The van der Waals surface area contributed by atoms with Gasteiger partial charge in [-0.15, -0.1) is 0 Å². The van der Waals surface area contributed by atoms with Crippen LogP contribution in [0.4, 0.5) is 11.4 Å². The molecule has 0 aromatic heterocycles. The number of nitrogens with one attached hydrogen (secondary N) is 4. The highest BCUT2D eigenvalue weighted by Crippen LogP contribution is 2.14. The Bertz CT molecular complexity index is 1860. The molecule has 0 aliphatic rings. The molecule has 0 heterocycles. The number of hydrogen-bond acceptors (Lipinski definition) is 6. The van der Waals surface area contributed by atoms with Crippen LogP contribution in [0.15, 0.2) is 132 Å². The van der Waals surface area contributed by atoms with Gasteiger partial charge in [-0.25, -0.2) is 10.9 Å². The lowest BCUT2D eigenvalue weighted by atomic mass is 10.1. The first-order valence-electron chi connectivity index (χ1n) is 15.0. The fourth-order valence-corrected chi connectivity index (χ4v) is 4.52. The van der Waals surface area contributed by atoms with Crippen LogP contribution in [0.1, 0.15) is 63.7 Å². The van der Waals surface area contributed by atoms with E-state index in [-0.39, 0.29) is 11.8 Å². The average molecular weight is 637 g/mol. The molecule has 238 valence electrons. The van der Waals surface area contributed by atoms with E-state index >= 15 is 0 Å². The number of rotatable bonds is 10. The molecule has 0 spiro atoms. The second-order valence-electron chi connectivity index (χ2n) is 10.9. The molecule has 0 bridgehead atoms. The van der Waals surface area contributed by atoms with E-state index in [0.29, 0.717) is 33.6 Å². The predicted octanol–water partition coefficient (Wildman–Crippen LogP) is 6.34. The Balaban J connectivity index is 1.06. The normalized spacial score (nSPS) is 10.9. The van der Waals surface area contributed by atoms with E-state index in [1.807, 2.05) is 38.1 Å². The number of amides is 4. The summed E-state index contributed by atoms with van der Waals surface area (Å²) in [5.74, 6) is -1.26. The van der Waals surface area contributed by atoms with Gasteiger partial charge in [0.25, 0.3) is 23.6 Å². The maximum atomic E-state index is 12.5. The molecule has 5 rings (SSSR count). The summed E-state index contributed by atoms with van der Waals surface area (Å²) in [4.78, 5) is 49.9. The molecule has 48 heavy (non-hydrogen) atoms. The molecule has 10 nitrogen and oxygen atoms in total. The molecule has 0 fully saturated rings. The van der Waals surface area contributed by atoms with Crippen molar-refractivity contribution in [1.29, 1.82) is 0 Å². The van der Waals surface area contributed by atoms with Crippen molar-refractivity contribution in [2.24, 2.45) is 10.2 Å². The summed E-state index contributed by atoms with van der Waals surface area (Å²) in [6, 6.07) is 34.7. The molecule has 0 radical (unpaired) electrons. The molecule has 0 saturated carbocycles. The van der Waals surface area contributed by atoms with Crippen LogP contribution in [-0.4, -0.2) is 36.1 Å². The van der Waals surface area contributed by atoms with Crippen LogP contribution in [0.5, 0.6) is 0 Å². The second kappa shape index (κ2) is 15.5. The van der Waals surface area contributed by atoms with Gasteiger partial charge < -0.3 is 10.6 Å². The maximum absolute atomic E-state index is 12.5. The average Bonchev–Trinajstić information content (AvgIpc) is 3.09. The van der Waals surface area contributed by atoms with Crippen LogP contribution in [-0.2, 0) is 0 Å². The molecular weight excluding hydrogens is 604 g/mol. The molecule has 0 atom stereocenters. The van der Waals surface area contributed by atoms with Crippen LogP contribution in [0, 0.1) is 13.8 Å². The largest absolute Gasteiger partial charge is 0.322 e. The van der Waals surface area contributed by atoms with E-state index in [1.54, 1.807) is 97.1 Å². The van der Waals surface area contributed by atoms with E-state index in [4.69, 9.17) is 0 Å². The van der Waals surface area contributed by atoms with E-state index in [1.165, 1.54) is 12.4 Å². The molecular formula is C38H32N6O4. The summed E-state index contributed by atoms with van der Waals surface area (Å²) in [7, 11) is 0. The van der Waals surface area contributed by atoms with Crippen molar-refractivity contribution in [2.75, 3.05) is 10.6 Å². The molecule has 0 saturated heterocycles. The van der Waals surface area contributed by atoms with Gasteiger partial charge in [0, 0.05) is 33.6 Å². The number of carbonyl (C=O) groups excluding carboxylic acids is 4. The van der Waals surface area contributed by atoms with E-state index in [0.717, 1.165) is 22.3 Å². The number of hydrogen-bond donors (Lipinski definition) is 4. The first kappa shape index (κ1) is 32.7. The van der Waals surface area contributed by atoms with Crippen molar-refractivity contribution >= 4 is 47.4 Å². The molecule has 5 aromatic rings. The minimum absolute atomic E-state index is 0.230. The molecule has 0 aliphatic carbocycles. The molecule has 10 heteroatoms. The smallest absolute Gasteiger partial charge is 0.271 e. The summed E-state index contributed by atoms with van der Waals surface area (Å²) in [6.07, 6.45) is 3.01. The predicted molar refractivity (Wildman–Crippen MR) is 188 cm³/mol. The first-order chi connectivity index (χ1) is 23.2. The minimum atomic E-state index is -0.399. The molecule has 0 aliphatic heterocycles. The highest BCUT2D eigenvalue weighted by atomic mass is 16.2. The van der Waals surface area contributed by atoms with Gasteiger partial charge in [-0.3, -0.25) is 19.2 Å². The van der Waals surface area contributed by atoms with E-state index in [9.17, 15) is 19.2 Å². The van der Waals surface area contributed by atoms with Crippen molar-refractivity contribution < 1.29 is 19.2 Å². The second-order valence-corrected chi connectivity index (χ2v) is 10.9. The Hall–Kier alpha value is -6.68. The summed E-state index contributed by atoms with van der Waals surface area (Å²) in [5.41, 5.74) is 11.4. The van der Waals surface area contributed by atoms with Crippen LogP contribution in [0.25, 0.3) is 0 Å². The zero-order chi connectivity index (χ0) is 33.9. The fraction of sp³-hybridized carbons (Fsp3) is 0.0526. The molecule has 4 N–H and O–H groups in total. The van der Waals surface area contributed by atoms with Crippen molar-refractivity contribution in [2.45, 2.75) is 13.8 Å². The van der Waals surface area contributed by atoms with Gasteiger partial charge in [0.05, 0.1) is 12.4 Å². The van der Waals surface area contributed by atoms with Gasteiger partial charge in [0.1, 0.15) is 0 Å². The standard InChI is InChI=1S/C38H32N6O4/c1-25-5-3-7-31(21-25)35(45)41-33-17-13-29(14-18-33)37(47)43-39-23-27-9-11-28(12-10-27)24-40-44-38(48)30-15-19-34(20-16-30)42-36(46)32-8-4-6-26(2)22-32/h3-24H,1-2H3,(H,41,45)(H,42,46)(H,43,47)(H,44,48). The van der Waals surface area contributed by atoms with Crippen molar-refractivity contribution in [1.82, 2.24) is 10.9 Å². The Morgan fingerprint density at radius 2 is 0.833 bits per heavy atom. The summed E-state index contributed by atoms with van der Waals surface area (Å²) in [5, 5.41) is 13.7. The van der Waals surface area contributed by atoms with Crippen LogP contribution < -0.4 is 21.5 Å². The summed E-state index contributed by atoms with van der Waals surface area (Å²) >= 11 is 0. The van der Waals surface area contributed by atoms with Gasteiger partial charge in [0.2, 0.25) is 0 Å². The molecule has 0 unspecified atom stereocenters. The lowest BCUT2D eigenvalue weighted by Gasteiger charge is -2.07. The number of hydrazone groups is 2. The lowest BCUT2D eigenvalue weighted by molar-refractivity contribution is 0.0947.